The minimum absolute atomic E-state index is 0.0133. The number of para-hydroxylation sites is 1. The number of piperidine rings is 1. The van der Waals surface area contributed by atoms with Crippen LogP contribution in [-0.4, -0.2) is 41.3 Å². The van der Waals surface area contributed by atoms with Crippen molar-refractivity contribution in [2.45, 2.75) is 32.2 Å². The Kier molecular flexibility index (Phi) is 4.66. The maximum atomic E-state index is 13.4. The number of hydrogen-bond donors (Lipinski definition) is 1. The second-order valence-corrected chi connectivity index (χ2v) is 7.50. The molecule has 2 aliphatic heterocycles. The number of nitrogens with zero attached hydrogens (tertiary/aromatic N) is 3. The molecule has 1 N–H and O–H groups in total. The van der Waals surface area contributed by atoms with E-state index in [9.17, 15) is 9.59 Å². The van der Waals surface area contributed by atoms with Crippen LogP contribution in [0.15, 0.2) is 42.6 Å². The van der Waals surface area contributed by atoms with E-state index in [4.69, 9.17) is 0 Å². The van der Waals surface area contributed by atoms with Gasteiger partial charge in [-0.3, -0.25) is 14.5 Å². The third kappa shape index (κ3) is 3.32. The monoisotopic (exact) mass is 364 g/mol. The van der Waals surface area contributed by atoms with E-state index in [2.05, 4.69) is 29.2 Å². The summed E-state index contributed by atoms with van der Waals surface area (Å²) in [6.45, 7) is 3.21. The van der Waals surface area contributed by atoms with Crippen molar-refractivity contribution in [2.24, 2.45) is 5.92 Å². The number of benzene rings is 1. The molecule has 140 valence electrons. The lowest BCUT2D eigenvalue weighted by Crippen LogP contribution is -2.39. The standard InChI is InChI=1S/C21H24N4O2/c1-14-12-15(9-11-24(14)2)13-19(26)25-18-8-4-3-6-16(18)21(27)23-17-7-5-10-22-20(17)25/h3-8,10,14-15H,9,11-13H2,1-2H3,(H,23,27)/t14-,15+/m0/s1. The van der Waals surface area contributed by atoms with Crippen molar-refractivity contribution >= 4 is 29.0 Å². The highest BCUT2D eigenvalue weighted by atomic mass is 16.2. The summed E-state index contributed by atoms with van der Waals surface area (Å²) in [5.74, 6) is 0.598. The molecule has 0 radical (unpaired) electrons. The van der Waals surface area contributed by atoms with E-state index in [-0.39, 0.29) is 11.8 Å². The molecule has 27 heavy (non-hydrogen) atoms. The van der Waals surface area contributed by atoms with Crippen molar-refractivity contribution in [3.63, 3.8) is 0 Å². The zero-order chi connectivity index (χ0) is 19.0. The van der Waals surface area contributed by atoms with Crippen molar-refractivity contribution in [1.29, 1.82) is 0 Å². The van der Waals surface area contributed by atoms with Crippen molar-refractivity contribution in [3.8, 4) is 0 Å². The Morgan fingerprint density at radius 2 is 2.07 bits per heavy atom. The molecular weight excluding hydrogens is 340 g/mol. The predicted octanol–water partition coefficient (Wildman–Crippen LogP) is 3.43. The van der Waals surface area contributed by atoms with Crippen molar-refractivity contribution in [2.75, 3.05) is 23.8 Å². The minimum Gasteiger partial charge on any atom is -0.319 e. The molecule has 2 aliphatic rings. The molecule has 1 aromatic heterocycles. The number of nitrogens with one attached hydrogen (secondary N) is 1. The summed E-state index contributed by atoms with van der Waals surface area (Å²) in [5, 5.41) is 2.88. The SMILES string of the molecule is C[C@H]1C[C@H](CC(=O)N2c3ccccc3C(=O)Nc3cccnc32)CCN1C. The molecule has 2 amide bonds. The van der Waals surface area contributed by atoms with Gasteiger partial charge in [0.2, 0.25) is 5.91 Å². The summed E-state index contributed by atoms with van der Waals surface area (Å²) >= 11 is 0. The summed E-state index contributed by atoms with van der Waals surface area (Å²) in [6, 6.07) is 11.2. The fourth-order valence-electron chi connectivity index (χ4n) is 4.00. The third-order valence-corrected chi connectivity index (χ3v) is 5.67. The Hall–Kier alpha value is -2.73. The van der Waals surface area contributed by atoms with E-state index in [0.717, 1.165) is 19.4 Å². The fourth-order valence-corrected chi connectivity index (χ4v) is 4.00. The van der Waals surface area contributed by atoms with Crippen LogP contribution in [0.1, 0.15) is 36.5 Å². The number of anilines is 3. The van der Waals surface area contributed by atoms with Gasteiger partial charge in [-0.1, -0.05) is 12.1 Å². The van der Waals surface area contributed by atoms with Crippen LogP contribution in [0, 0.1) is 5.92 Å². The first-order valence-corrected chi connectivity index (χ1v) is 9.43. The van der Waals surface area contributed by atoms with Gasteiger partial charge >= 0.3 is 0 Å². The number of fused-ring (bicyclic) bond motifs is 2. The topological polar surface area (TPSA) is 65.5 Å². The van der Waals surface area contributed by atoms with Crippen LogP contribution >= 0.6 is 0 Å². The molecule has 1 saturated heterocycles. The number of pyridine rings is 1. The molecular formula is C21H24N4O2. The number of aromatic nitrogens is 1. The first-order valence-electron chi connectivity index (χ1n) is 9.43. The van der Waals surface area contributed by atoms with Crippen molar-refractivity contribution in [3.05, 3.63) is 48.2 Å². The molecule has 0 saturated carbocycles. The van der Waals surface area contributed by atoms with Gasteiger partial charge in [0.05, 0.1) is 16.9 Å². The number of carbonyl (C=O) groups excluding carboxylic acids is 2. The van der Waals surface area contributed by atoms with Gasteiger partial charge in [-0.2, -0.15) is 0 Å². The molecule has 0 spiro atoms. The van der Waals surface area contributed by atoms with E-state index < -0.39 is 0 Å². The van der Waals surface area contributed by atoms with Crippen LogP contribution in [0.2, 0.25) is 0 Å². The third-order valence-electron chi connectivity index (χ3n) is 5.67. The maximum Gasteiger partial charge on any atom is 0.257 e. The molecule has 6 heteroatoms. The Bertz CT molecular complexity index is 882. The Morgan fingerprint density at radius 3 is 2.89 bits per heavy atom. The van der Waals surface area contributed by atoms with Gasteiger partial charge in [-0.25, -0.2) is 4.98 Å². The van der Waals surface area contributed by atoms with E-state index >= 15 is 0 Å². The molecule has 0 aliphatic carbocycles. The fraction of sp³-hybridized carbons (Fsp3) is 0.381. The first kappa shape index (κ1) is 17.7. The lowest BCUT2D eigenvalue weighted by molar-refractivity contribution is -0.119. The Balaban J connectivity index is 1.70. The largest absolute Gasteiger partial charge is 0.319 e. The van der Waals surface area contributed by atoms with Crippen molar-refractivity contribution in [1.82, 2.24) is 9.88 Å². The second kappa shape index (κ2) is 7.12. The van der Waals surface area contributed by atoms with Gasteiger partial charge in [0, 0.05) is 18.7 Å². The number of likely N-dealkylation sites (tertiary alicyclic amines) is 1. The van der Waals surface area contributed by atoms with Gasteiger partial charge < -0.3 is 10.2 Å². The zero-order valence-corrected chi connectivity index (χ0v) is 15.7. The number of rotatable bonds is 2. The van der Waals surface area contributed by atoms with Crippen LogP contribution < -0.4 is 10.2 Å². The highest BCUT2D eigenvalue weighted by Crippen LogP contribution is 2.37. The normalized spacial score (nSPS) is 22.4. The van der Waals surface area contributed by atoms with Gasteiger partial charge in [-0.05, 0) is 63.5 Å². The van der Waals surface area contributed by atoms with Crippen LogP contribution in [0.3, 0.4) is 0 Å². The quantitative estimate of drug-likeness (QED) is 0.887. The van der Waals surface area contributed by atoms with Crippen LogP contribution in [0.4, 0.5) is 17.2 Å². The van der Waals surface area contributed by atoms with E-state index in [1.54, 1.807) is 29.3 Å². The molecule has 1 fully saturated rings. The summed E-state index contributed by atoms with van der Waals surface area (Å²) in [4.78, 5) is 34.4. The van der Waals surface area contributed by atoms with Crippen LogP contribution in [-0.2, 0) is 4.79 Å². The summed E-state index contributed by atoms with van der Waals surface area (Å²) in [6.07, 6.45) is 4.12. The highest BCUT2D eigenvalue weighted by Gasteiger charge is 2.32. The molecule has 0 unspecified atom stereocenters. The van der Waals surface area contributed by atoms with Gasteiger partial charge in [0.25, 0.3) is 5.91 Å². The number of amides is 2. The Morgan fingerprint density at radius 1 is 1.26 bits per heavy atom. The second-order valence-electron chi connectivity index (χ2n) is 7.50. The number of hydrogen-bond acceptors (Lipinski definition) is 4. The first-order chi connectivity index (χ1) is 13.0. The summed E-state index contributed by atoms with van der Waals surface area (Å²) in [7, 11) is 2.13. The average Bonchev–Trinajstić information content (AvgIpc) is 2.79. The van der Waals surface area contributed by atoms with Crippen LogP contribution in [0.25, 0.3) is 0 Å². The Labute approximate surface area is 159 Å². The summed E-state index contributed by atoms with van der Waals surface area (Å²) in [5.41, 5.74) is 1.64. The van der Waals surface area contributed by atoms with Gasteiger partial charge in [0.15, 0.2) is 5.82 Å². The van der Waals surface area contributed by atoms with E-state index in [1.165, 1.54) is 0 Å². The van der Waals surface area contributed by atoms with Crippen molar-refractivity contribution < 1.29 is 9.59 Å². The smallest absolute Gasteiger partial charge is 0.257 e. The van der Waals surface area contributed by atoms with E-state index in [1.807, 2.05) is 18.2 Å². The molecule has 1 aromatic carbocycles. The predicted molar refractivity (Wildman–Crippen MR) is 105 cm³/mol. The lowest BCUT2D eigenvalue weighted by atomic mass is 9.89. The molecule has 2 atom stereocenters. The minimum atomic E-state index is -0.219. The molecule has 6 nitrogen and oxygen atoms in total. The number of carbonyl (C=O) groups is 2. The van der Waals surface area contributed by atoms with Crippen LogP contribution in [0.5, 0.6) is 0 Å². The zero-order valence-electron chi connectivity index (χ0n) is 15.7. The lowest BCUT2D eigenvalue weighted by Gasteiger charge is -2.35. The van der Waals surface area contributed by atoms with E-state index in [0.29, 0.717) is 41.1 Å². The average molecular weight is 364 g/mol. The maximum absolute atomic E-state index is 13.4. The van der Waals surface area contributed by atoms with Gasteiger partial charge in [0.1, 0.15) is 0 Å². The molecule has 0 bridgehead atoms. The molecule has 4 rings (SSSR count). The molecule has 2 aromatic rings. The summed E-state index contributed by atoms with van der Waals surface area (Å²) < 4.78 is 0. The molecule has 3 heterocycles. The highest BCUT2D eigenvalue weighted by molar-refractivity contribution is 6.17. The van der Waals surface area contributed by atoms with Gasteiger partial charge in [-0.15, -0.1) is 0 Å².